The molecule has 2 heterocycles. The highest BCUT2D eigenvalue weighted by molar-refractivity contribution is 6.23. The number of amides is 2. The van der Waals surface area contributed by atoms with Crippen LogP contribution in [0.3, 0.4) is 0 Å². The van der Waals surface area contributed by atoms with Gasteiger partial charge in [0.25, 0.3) is 5.91 Å². The van der Waals surface area contributed by atoms with E-state index in [2.05, 4.69) is 0 Å². The predicted molar refractivity (Wildman–Crippen MR) is 117 cm³/mol. The Morgan fingerprint density at radius 2 is 1.55 bits per heavy atom. The van der Waals surface area contributed by atoms with Gasteiger partial charge in [-0.2, -0.15) is 0 Å². The summed E-state index contributed by atoms with van der Waals surface area (Å²) in [4.78, 5) is 45.1. The van der Waals surface area contributed by atoms with Crippen molar-refractivity contribution in [3.8, 4) is 5.75 Å². The van der Waals surface area contributed by atoms with Crippen molar-refractivity contribution < 1.29 is 28.3 Å². The zero-order valence-electron chi connectivity index (χ0n) is 17.6. The van der Waals surface area contributed by atoms with Crippen molar-refractivity contribution in [2.75, 3.05) is 9.96 Å². The Kier molecular flexibility index (Phi) is 5.14. The summed E-state index contributed by atoms with van der Waals surface area (Å²) in [7, 11) is 0. The first-order valence-corrected chi connectivity index (χ1v) is 10.4. The fourth-order valence-electron chi connectivity index (χ4n) is 4.30. The molecular formula is C25H19FN2O5. The Labute approximate surface area is 188 Å². The molecule has 0 bridgehead atoms. The number of rotatable bonds is 4. The highest BCUT2D eigenvalue weighted by Crippen LogP contribution is 2.47. The molecule has 0 aromatic heterocycles. The molecule has 8 heteroatoms. The van der Waals surface area contributed by atoms with E-state index >= 15 is 0 Å². The molecule has 166 valence electrons. The number of hydrogen-bond acceptors (Lipinski definition) is 6. The van der Waals surface area contributed by atoms with Crippen molar-refractivity contribution >= 4 is 29.2 Å². The molecule has 2 aliphatic rings. The average molecular weight is 446 g/mol. The summed E-state index contributed by atoms with van der Waals surface area (Å²) in [5.74, 6) is -2.29. The molecule has 2 amide bonds. The van der Waals surface area contributed by atoms with Crippen molar-refractivity contribution in [1.29, 1.82) is 0 Å². The van der Waals surface area contributed by atoms with Crippen LogP contribution in [-0.2, 0) is 19.2 Å². The van der Waals surface area contributed by atoms with Crippen LogP contribution in [-0.4, -0.2) is 23.9 Å². The molecule has 3 aromatic rings. The van der Waals surface area contributed by atoms with Crippen LogP contribution >= 0.6 is 0 Å². The maximum Gasteiger partial charge on any atom is 0.308 e. The van der Waals surface area contributed by atoms with Gasteiger partial charge < -0.3 is 4.74 Å². The zero-order valence-corrected chi connectivity index (χ0v) is 17.6. The van der Waals surface area contributed by atoms with E-state index in [1.165, 1.54) is 43.3 Å². The molecule has 0 aliphatic carbocycles. The predicted octanol–water partition coefficient (Wildman–Crippen LogP) is 3.80. The molecule has 5 rings (SSSR count). The van der Waals surface area contributed by atoms with E-state index in [9.17, 15) is 18.8 Å². The molecule has 33 heavy (non-hydrogen) atoms. The molecule has 2 aliphatic heterocycles. The van der Waals surface area contributed by atoms with Gasteiger partial charge >= 0.3 is 5.97 Å². The minimum atomic E-state index is -1.03. The molecular weight excluding hydrogens is 427 g/mol. The largest absolute Gasteiger partial charge is 0.427 e. The summed E-state index contributed by atoms with van der Waals surface area (Å²) >= 11 is 0. The Hall–Kier alpha value is -4.04. The minimum Gasteiger partial charge on any atom is -0.427 e. The highest BCUT2D eigenvalue weighted by atomic mass is 19.1. The van der Waals surface area contributed by atoms with Gasteiger partial charge in [-0.15, -0.1) is 0 Å². The summed E-state index contributed by atoms with van der Waals surface area (Å²) in [6, 6.07) is 20.4. The molecule has 0 N–H and O–H groups in total. The van der Waals surface area contributed by atoms with Gasteiger partial charge in [-0.05, 0) is 54.1 Å². The van der Waals surface area contributed by atoms with Crippen LogP contribution in [0.2, 0.25) is 0 Å². The lowest BCUT2D eigenvalue weighted by Crippen LogP contribution is -2.37. The molecule has 0 unspecified atom stereocenters. The monoisotopic (exact) mass is 446 g/mol. The number of benzene rings is 3. The normalized spacial score (nSPS) is 21.9. The van der Waals surface area contributed by atoms with Crippen molar-refractivity contribution in [2.45, 2.75) is 19.1 Å². The van der Waals surface area contributed by atoms with Gasteiger partial charge in [-0.25, -0.2) is 14.4 Å². The van der Waals surface area contributed by atoms with Crippen LogP contribution in [0.25, 0.3) is 0 Å². The van der Waals surface area contributed by atoms with Gasteiger partial charge in [0, 0.05) is 6.92 Å². The number of hydroxylamine groups is 1. The van der Waals surface area contributed by atoms with Crippen LogP contribution in [0, 0.1) is 11.7 Å². The second kappa shape index (κ2) is 8.14. The van der Waals surface area contributed by atoms with Gasteiger partial charge in [-0.3, -0.25) is 19.2 Å². The highest BCUT2D eigenvalue weighted by Gasteiger charge is 2.60. The second-order valence-corrected chi connectivity index (χ2v) is 7.81. The maximum atomic E-state index is 13.6. The van der Waals surface area contributed by atoms with E-state index in [4.69, 9.17) is 9.57 Å². The van der Waals surface area contributed by atoms with E-state index in [-0.39, 0.29) is 0 Å². The number of carbonyl (C=O) groups is 3. The first kappa shape index (κ1) is 20.8. The summed E-state index contributed by atoms with van der Waals surface area (Å²) in [6.45, 7) is 1.29. The summed E-state index contributed by atoms with van der Waals surface area (Å²) in [5.41, 5.74) is 1.68. The molecule has 2 fully saturated rings. The SMILES string of the molecule is CC(=O)Oc1ccc(N2C(=O)[C@@H]3[C@H](ON(c4ccccc4)[C@H]3c3ccc(F)cc3)C2=O)cc1. The smallest absolute Gasteiger partial charge is 0.308 e. The first-order chi connectivity index (χ1) is 15.9. The molecule has 2 saturated heterocycles. The van der Waals surface area contributed by atoms with Crippen LogP contribution in [0.15, 0.2) is 78.9 Å². The van der Waals surface area contributed by atoms with Crippen molar-refractivity contribution in [3.63, 3.8) is 0 Å². The molecule has 0 spiro atoms. The standard InChI is InChI=1S/C25H19FN2O5/c1-15(29)32-20-13-11-18(12-14-20)27-24(30)21-22(16-7-9-17(26)10-8-16)28(33-23(21)25(27)31)19-5-3-2-4-6-19/h2-14,21-23H,1H3/t21-,22-,23-/m0/s1. The van der Waals surface area contributed by atoms with Crippen LogP contribution in [0.5, 0.6) is 5.75 Å². The zero-order chi connectivity index (χ0) is 23.1. The minimum absolute atomic E-state index is 0.307. The third kappa shape index (κ3) is 3.64. The van der Waals surface area contributed by atoms with Gasteiger partial charge in [0.2, 0.25) is 5.91 Å². The quantitative estimate of drug-likeness (QED) is 0.345. The Bertz CT molecular complexity index is 1210. The fraction of sp³-hybridized carbons (Fsp3) is 0.160. The van der Waals surface area contributed by atoms with Gasteiger partial charge in [-0.1, -0.05) is 30.3 Å². The number of ether oxygens (including phenoxy) is 1. The Morgan fingerprint density at radius 3 is 2.18 bits per heavy atom. The van der Waals surface area contributed by atoms with Gasteiger partial charge in [0.05, 0.1) is 17.4 Å². The number of carbonyl (C=O) groups excluding carboxylic acids is 3. The number of esters is 1. The Morgan fingerprint density at radius 1 is 0.879 bits per heavy atom. The third-order valence-electron chi connectivity index (χ3n) is 5.69. The number of fused-ring (bicyclic) bond motifs is 1. The number of nitrogens with zero attached hydrogens (tertiary/aromatic N) is 2. The number of hydrogen-bond donors (Lipinski definition) is 0. The molecule has 3 atom stereocenters. The lowest BCUT2D eigenvalue weighted by atomic mass is 9.90. The van der Waals surface area contributed by atoms with Crippen molar-refractivity contribution in [1.82, 2.24) is 0 Å². The van der Waals surface area contributed by atoms with E-state index in [0.29, 0.717) is 22.7 Å². The van der Waals surface area contributed by atoms with Gasteiger partial charge in [0.15, 0.2) is 6.10 Å². The summed E-state index contributed by atoms with van der Waals surface area (Å²) in [6.07, 6.45) is -1.03. The molecule has 0 saturated carbocycles. The lowest BCUT2D eigenvalue weighted by Gasteiger charge is -2.28. The van der Waals surface area contributed by atoms with Crippen LogP contribution in [0.1, 0.15) is 18.5 Å². The molecule has 7 nitrogen and oxygen atoms in total. The number of para-hydroxylation sites is 1. The van der Waals surface area contributed by atoms with Gasteiger partial charge in [0.1, 0.15) is 17.5 Å². The average Bonchev–Trinajstić information content (AvgIpc) is 3.31. The van der Waals surface area contributed by atoms with Crippen molar-refractivity contribution in [2.24, 2.45) is 5.92 Å². The number of imide groups is 1. The van der Waals surface area contributed by atoms with Crippen molar-refractivity contribution in [3.05, 3.63) is 90.2 Å². The van der Waals surface area contributed by atoms with Crippen LogP contribution in [0.4, 0.5) is 15.8 Å². The first-order valence-electron chi connectivity index (χ1n) is 10.4. The molecule has 0 radical (unpaired) electrons. The second-order valence-electron chi connectivity index (χ2n) is 7.81. The van der Waals surface area contributed by atoms with E-state index in [1.807, 2.05) is 30.3 Å². The summed E-state index contributed by atoms with van der Waals surface area (Å²) < 4.78 is 18.6. The number of halogens is 1. The van der Waals surface area contributed by atoms with E-state index in [0.717, 1.165) is 4.90 Å². The topological polar surface area (TPSA) is 76.2 Å². The van der Waals surface area contributed by atoms with E-state index in [1.54, 1.807) is 17.2 Å². The van der Waals surface area contributed by atoms with Crippen LogP contribution < -0.4 is 14.7 Å². The maximum absolute atomic E-state index is 13.6. The third-order valence-corrected chi connectivity index (χ3v) is 5.69. The number of anilines is 2. The molecule has 3 aromatic carbocycles. The Balaban J connectivity index is 1.51. The lowest BCUT2D eigenvalue weighted by molar-refractivity contribution is -0.132. The van der Waals surface area contributed by atoms with E-state index < -0.39 is 41.7 Å². The fourth-order valence-corrected chi connectivity index (χ4v) is 4.30. The summed E-state index contributed by atoms with van der Waals surface area (Å²) in [5, 5.41) is 1.56.